The number of nitrogens with one attached hydrogen (secondary N) is 1. The normalized spacial score (nSPS) is 13.5. The molecule has 1 N–H and O–H groups in total. The number of hydrogen-bond acceptors (Lipinski definition) is 4. The van der Waals surface area contributed by atoms with Crippen molar-refractivity contribution in [3.63, 3.8) is 0 Å². The lowest BCUT2D eigenvalue weighted by Gasteiger charge is -2.11. The van der Waals surface area contributed by atoms with E-state index in [-0.39, 0.29) is 5.91 Å². The molecule has 0 radical (unpaired) electrons. The van der Waals surface area contributed by atoms with Crippen molar-refractivity contribution in [2.75, 3.05) is 5.32 Å². The summed E-state index contributed by atoms with van der Waals surface area (Å²) in [7, 11) is 0. The first-order valence-electron chi connectivity index (χ1n) is 8.28. The summed E-state index contributed by atoms with van der Waals surface area (Å²) < 4.78 is 5.83. The van der Waals surface area contributed by atoms with Crippen molar-refractivity contribution in [2.24, 2.45) is 0 Å². The second-order valence-electron chi connectivity index (χ2n) is 6.20. The highest BCUT2D eigenvalue weighted by Crippen LogP contribution is 2.43. The maximum absolute atomic E-state index is 12.6. The molecular weight excluding hydrogens is 332 g/mol. The zero-order valence-electron chi connectivity index (χ0n) is 13.9. The number of amides is 1. The van der Waals surface area contributed by atoms with E-state index in [0.29, 0.717) is 11.7 Å². The van der Waals surface area contributed by atoms with Crippen LogP contribution in [0.5, 0.6) is 11.5 Å². The number of hydrogen-bond donors (Lipinski definition) is 1. The average Bonchev–Trinajstić information content (AvgIpc) is 3.34. The van der Waals surface area contributed by atoms with E-state index in [1.165, 1.54) is 29.7 Å². The smallest absolute Gasteiger partial charge is 0.266 e. The number of aryl methyl sites for hydroxylation is 1. The summed E-state index contributed by atoms with van der Waals surface area (Å²) in [6, 6.07) is 11.4. The number of rotatable bonds is 5. The lowest BCUT2D eigenvalue weighted by Crippen LogP contribution is -2.12. The van der Waals surface area contributed by atoms with Gasteiger partial charge in [0.2, 0.25) is 0 Å². The molecule has 2 aromatic heterocycles. The van der Waals surface area contributed by atoms with Crippen molar-refractivity contribution >= 4 is 22.9 Å². The van der Waals surface area contributed by atoms with Gasteiger partial charge in [-0.05, 0) is 78.6 Å². The molecule has 2 heterocycles. The Hall–Kier alpha value is -2.66. The minimum absolute atomic E-state index is 0.0303. The molecule has 4 nitrogen and oxygen atoms in total. The number of carbonyl (C=O) groups excluding carboxylic acids is 1. The van der Waals surface area contributed by atoms with E-state index >= 15 is 0 Å². The molecule has 1 aromatic carbocycles. The molecule has 0 saturated heterocycles. The van der Waals surface area contributed by atoms with Gasteiger partial charge in [-0.1, -0.05) is 0 Å². The fourth-order valence-electron chi connectivity index (χ4n) is 2.78. The number of anilines is 1. The molecule has 126 valence electrons. The van der Waals surface area contributed by atoms with Gasteiger partial charge in [-0.2, -0.15) is 0 Å². The molecule has 1 saturated carbocycles. The van der Waals surface area contributed by atoms with E-state index in [1.807, 2.05) is 42.6 Å². The van der Waals surface area contributed by atoms with Gasteiger partial charge in [0.05, 0.1) is 11.1 Å². The van der Waals surface area contributed by atoms with E-state index in [2.05, 4.69) is 16.4 Å². The Morgan fingerprint density at radius 2 is 2.16 bits per heavy atom. The maximum Gasteiger partial charge on any atom is 0.266 e. The highest BCUT2D eigenvalue weighted by Gasteiger charge is 2.28. The first-order valence-corrected chi connectivity index (χ1v) is 9.16. The van der Waals surface area contributed by atoms with Gasteiger partial charge in [0.15, 0.2) is 0 Å². The minimum Gasteiger partial charge on any atom is -0.455 e. The van der Waals surface area contributed by atoms with E-state index in [4.69, 9.17) is 4.74 Å². The van der Waals surface area contributed by atoms with Gasteiger partial charge in [-0.25, -0.2) is 0 Å². The van der Waals surface area contributed by atoms with Crippen LogP contribution in [-0.4, -0.2) is 10.9 Å². The SMILES string of the molecule is Cc1cc(NC(=O)c2sccc2C2CC2)ccc1Oc1cccnc1. The molecule has 1 amide bonds. The van der Waals surface area contributed by atoms with Crippen LogP contribution in [0.2, 0.25) is 0 Å². The average molecular weight is 350 g/mol. The second-order valence-corrected chi connectivity index (χ2v) is 7.12. The highest BCUT2D eigenvalue weighted by atomic mass is 32.1. The summed E-state index contributed by atoms with van der Waals surface area (Å²) in [4.78, 5) is 17.4. The van der Waals surface area contributed by atoms with Crippen LogP contribution in [0.1, 0.15) is 39.6 Å². The van der Waals surface area contributed by atoms with Gasteiger partial charge in [-0.3, -0.25) is 9.78 Å². The Labute approximate surface area is 150 Å². The van der Waals surface area contributed by atoms with Crippen LogP contribution in [0.15, 0.2) is 54.2 Å². The van der Waals surface area contributed by atoms with Gasteiger partial charge in [0.1, 0.15) is 11.5 Å². The molecular formula is C20H18N2O2S. The Morgan fingerprint density at radius 1 is 1.28 bits per heavy atom. The lowest BCUT2D eigenvalue weighted by atomic mass is 10.1. The van der Waals surface area contributed by atoms with Gasteiger partial charge in [0.25, 0.3) is 5.91 Å². The Kier molecular flexibility index (Phi) is 4.24. The third kappa shape index (κ3) is 3.56. The number of aromatic nitrogens is 1. The van der Waals surface area contributed by atoms with Crippen LogP contribution in [0, 0.1) is 6.92 Å². The number of benzene rings is 1. The molecule has 5 heteroatoms. The van der Waals surface area contributed by atoms with Gasteiger partial charge in [-0.15, -0.1) is 11.3 Å². The lowest BCUT2D eigenvalue weighted by molar-refractivity contribution is 0.102. The van der Waals surface area contributed by atoms with Gasteiger partial charge in [0, 0.05) is 11.9 Å². The summed E-state index contributed by atoms with van der Waals surface area (Å²) in [6.45, 7) is 1.96. The molecule has 0 bridgehead atoms. The molecule has 1 fully saturated rings. The second kappa shape index (κ2) is 6.69. The first kappa shape index (κ1) is 15.8. The van der Waals surface area contributed by atoms with Crippen LogP contribution in [0.3, 0.4) is 0 Å². The minimum atomic E-state index is -0.0303. The summed E-state index contributed by atoms with van der Waals surface area (Å²) >= 11 is 1.51. The number of nitrogens with zero attached hydrogens (tertiary/aromatic N) is 1. The van der Waals surface area contributed by atoms with Crippen LogP contribution < -0.4 is 10.1 Å². The van der Waals surface area contributed by atoms with Crippen molar-refractivity contribution in [3.8, 4) is 11.5 Å². The summed E-state index contributed by atoms with van der Waals surface area (Å²) in [6.07, 6.45) is 5.76. The van der Waals surface area contributed by atoms with Crippen LogP contribution in [0.25, 0.3) is 0 Å². The third-order valence-electron chi connectivity index (χ3n) is 4.21. The monoisotopic (exact) mass is 350 g/mol. The Bertz CT molecular complexity index is 901. The summed E-state index contributed by atoms with van der Waals surface area (Å²) in [5.41, 5.74) is 2.92. The number of pyridine rings is 1. The zero-order chi connectivity index (χ0) is 17.2. The van der Waals surface area contributed by atoms with E-state index in [9.17, 15) is 4.79 Å². The van der Waals surface area contributed by atoms with Crippen LogP contribution in [-0.2, 0) is 0 Å². The fraction of sp³-hybridized carbons (Fsp3) is 0.200. The highest BCUT2D eigenvalue weighted by molar-refractivity contribution is 7.12. The molecule has 0 unspecified atom stereocenters. The van der Waals surface area contributed by atoms with E-state index in [1.54, 1.807) is 12.4 Å². The van der Waals surface area contributed by atoms with Crippen molar-refractivity contribution < 1.29 is 9.53 Å². The number of thiophene rings is 1. The van der Waals surface area contributed by atoms with Gasteiger partial charge >= 0.3 is 0 Å². The molecule has 1 aliphatic rings. The Morgan fingerprint density at radius 3 is 2.88 bits per heavy atom. The standard InChI is InChI=1S/C20H18N2O2S/c1-13-11-15(6-7-18(13)24-16-3-2-9-21-12-16)22-20(23)19-17(8-10-25-19)14-4-5-14/h2-3,6-12,14H,4-5H2,1H3,(H,22,23). The van der Waals surface area contributed by atoms with Crippen molar-refractivity contribution in [3.05, 3.63) is 70.2 Å². The van der Waals surface area contributed by atoms with E-state index < -0.39 is 0 Å². The molecule has 0 spiro atoms. The number of ether oxygens (including phenoxy) is 1. The van der Waals surface area contributed by atoms with Gasteiger partial charge < -0.3 is 10.1 Å². The van der Waals surface area contributed by atoms with Crippen molar-refractivity contribution in [1.29, 1.82) is 0 Å². The van der Waals surface area contributed by atoms with Crippen molar-refractivity contribution in [2.45, 2.75) is 25.7 Å². The summed E-state index contributed by atoms with van der Waals surface area (Å²) in [5, 5.41) is 5.00. The molecule has 3 aromatic rings. The predicted octanol–water partition coefficient (Wildman–Crippen LogP) is 5.37. The molecule has 25 heavy (non-hydrogen) atoms. The Balaban J connectivity index is 1.48. The fourth-order valence-corrected chi connectivity index (χ4v) is 3.66. The summed E-state index contributed by atoms with van der Waals surface area (Å²) in [5.74, 6) is 1.98. The predicted molar refractivity (Wildman–Crippen MR) is 99.7 cm³/mol. The van der Waals surface area contributed by atoms with Crippen LogP contribution in [0.4, 0.5) is 5.69 Å². The first-order chi connectivity index (χ1) is 12.2. The molecule has 1 aliphatic carbocycles. The van der Waals surface area contributed by atoms with Crippen LogP contribution >= 0.6 is 11.3 Å². The van der Waals surface area contributed by atoms with Crippen molar-refractivity contribution in [1.82, 2.24) is 4.98 Å². The molecule has 0 atom stereocenters. The third-order valence-corrected chi connectivity index (χ3v) is 5.14. The quantitative estimate of drug-likeness (QED) is 0.673. The zero-order valence-corrected chi connectivity index (χ0v) is 14.7. The molecule has 0 aliphatic heterocycles. The topological polar surface area (TPSA) is 51.2 Å². The van der Waals surface area contributed by atoms with E-state index in [0.717, 1.165) is 21.9 Å². The maximum atomic E-state index is 12.6. The number of carbonyl (C=O) groups is 1. The molecule has 4 rings (SSSR count). The largest absolute Gasteiger partial charge is 0.455 e.